The van der Waals surface area contributed by atoms with Crippen molar-refractivity contribution in [3.8, 4) is 5.75 Å². The molecule has 0 atom stereocenters. The SMILES string of the molecule is COc1ccc(N)c(C(=O)N2CCn3ccnc3C2)c1. The molecule has 0 saturated heterocycles. The molecule has 2 heterocycles. The van der Waals surface area contributed by atoms with Crippen LogP contribution in [0, 0.1) is 0 Å². The molecule has 0 aliphatic carbocycles. The molecule has 6 heteroatoms. The summed E-state index contributed by atoms with van der Waals surface area (Å²) >= 11 is 0. The van der Waals surface area contributed by atoms with Crippen LogP contribution in [0.2, 0.25) is 0 Å². The minimum atomic E-state index is -0.0874. The second kappa shape index (κ2) is 4.88. The number of imidazole rings is 1. The number of anilines is 1. The number of carbonyl (C=O) groups excluding carboxylic acids is 1. The number of nitrogens with two attached hydrogens (primary N) is 1. The zero-order valence-electron chi connectivity index (χ0n) is 11.2. The van der Waals surface area contributed by atoms with Gasteiger partial charge in [-0.1, -0.05) is 0 Å². The number of fused-ring (bicyclic) bond motifs is 1. The van der Waals surface area contributed by atoms with Gasteiger partial charge < -0.3 is 19.9 Å². The van der Waals surface area contributed by atoms with Gasteiger partial charge in [0.15, 0.2) is 0 Å². The van der Waals surface area contributed by atoms with Crippen LogP contribution in [0.1, 0.15) is 16.2 Å². The van der Waals surface area contributed by atoms with Crippen LogP contribution in [0.3, 0.4) is 0 Å². The van der Waals surface area contributed by atoms with Crippen molar-refractivity contribution in [2.75, 3.05) is 19.4 Å². The number of nitrogens with zero attached hydrogens (tertiary/aromatic N) is 3. The van der Waals surface area contributed by atoms with Crippen molar-refractivity contribution in [1.82, 2.24) is 14.5 Å². The molecule has 1 aromatic carbocycles. The summed E-state index contributed by atoms with van der Waals surface area (Å²) in [5.74, 6) is 1.43. The Bertz CT molecular complexity index is 650. The third-order valence-corrected chi connectivity index (χ3v) is 3.52. The maximum atomic E-state index is 12.6. The molecule has 1 aliphatic heterocycles. The smallest absolute Gasteiger partial charge is 0.256 e. The Kier molecular flexibility index (Phi) is 3.06. The molecule has 0 fully saturated rings. The van der Waals surface area contributed by atoms with E-state index in [2.05, 4.69) is 9.55 Å². The van der Waals surface area contributed by atoms with Crippen LogP contribution in [0.4, 0.5) is 5.69 Å². The number of amides is 1. The zero-order valence-corrected chi connectivity index (χ0v) is 11.2. The standard InChI is InChI=1S/C14H16N4O2/c1-20-10-2-3-12(15)11(8-10)14(19)18-7-6-17-5-4-16-13(17)9-18/h2-5,8H,6-7,9,15H2,1H3. The summed E-state index contributed by atoms with van der Waals surface area (Å²) in [5, 5.41) is 0. The number of carbonyl (C=O) groups is 1. The fourth-order valence-corrected chi connectivity index (χ4v) is 2.36. The summed E-state index contributed by atoms with van der Waals surface area (Å²) < 4.78 is 7.20. The lowest BCUT2D eigenvalue weighted by Crippen LogP contribution is -2.38. The molecule has 0 radical (unpaired) electrons. The molecule has 0 saturated carbocycles. The first-order chi connectivity index (χ1) is 9.69. The largest absolute Gasteiger partial charge is 0.497 e. The molecule has 1 aromatic heterocycles. The lowest BCUT2D eigenvalue weighted by molar-refractivity contribution is 0.0708. The molecule has 6 nitrogen and oxygen atoms in total. The summed E-state index contributed by atoms with van der Waals surface area (Å²) in [6.07, 6.45) is 3.68. The topological polar surface area (TPSA) is 73.4 Å². The monoisotopic (exact) mass is 272 g/mol. The number of nitrogen functional groups attached to an aromatic ring is 1. The lowest BCUT2D eigenvalue weighted by atomic mass is 10.1. The van der Waals surface area contributed by atoms with Crippen molar-refractivity contribution in [3.63, 3.8) is 0 Å². The van der Waals surface area contributed by atoms with Crippen LogP contribution in [-0.2, 0) is 13.1 Å². The number of ether oxygens (including phenoxy) is 1. The van der Waals surface area contributed by atoms with E-state index in [9.17, 15) is 4.79 Å². The second-order valence-corrected chi connectivity index (χ2v) is 4.72. The van der Waals surface area contributed by atoms with E-state index in [1.165, 1.54) is 0 Å². The number of aromatic nitrogens is 2. The first-order valence-electron chi connectivity index (χ1n) is 6.42. The summed E-state index contributed by atoms with van der Waals surface area (Å²) in [4.78, 5) is 18.6. The zero-order chi connectivity index (χ0) is 14.1. The maximum absolute atomic E-state index is 12.6. The first-order valence-corrected chi connectivity index (χ1v) is 6.42. The van der Waals surface area contributed by atoms with E-state index in [0.717, 1.165) is 12.4 Å². The quantitative estimate of drug-likeness (QED) is 0.832. The minimum Gasteiger partial charge on any atom is -0.497 e. The van der Waals surface area contributed by atoms with Crippen LogP contribution in [0.25, 0.3) is 0 Å². The van der Waals surface area contributed by atoms with E-state index in [-0.39, 0.29) is 5.91 Å². The van der Waals surface area contributed by atoms with Gasteiger partial charge in [0.25, 0.3) is 5.91 Å². The first kappa shape index (κ1) is 12.5. The highest BCUT2D eigenvalue weighted by Crippen LogP contribution is 2.22. The highest BCUT2D eigenvalue weighted by Gasteiger charge is 2.23. The van der Waals surface area contributed by atoms with E-state index in [4.69, 9.17) is 10.5 Å². The van der Waals surface area contributed by atoms with Crippen LogP contribution in [0.5, 0.6) is 5.75 Å². The predicted octanol–water partition coefficient (Wildman–Crippen LogP) is 1.13. The third kappa shape index (κ3) is 2.09. The van der Waals surface area contributed by atoms with Gasteiger partial charge in [-0.25, -0.2) is 4.98 Å². The summed E-state index contributed by atoms with van der Waals surface area (Å²) in [6.45, 7) is 1.91. The Morgan fingerprint density at radius 1 is 1.40 bits per heavy atom. The molecule has 20 heavy (non-hydrogen) atoms. The van der Waals surface area contributed by atoms with Crippen molar-refractivity contribution in [3.05, 3.63) is 42.0 Å². The number of methoxy groups -OCH3 is 1. The van der Waals surface area contributed by atoms with Gasteiger partial charge in [0.1, 0.15) is 11.6 Å². The molecular weight excluding hydrogens is 256 g/mol. The molecule has 2 N–H and O–H groups in total. The van der Waals surface area contributed by atoms with Gasteiger partial charge in [0.2, 0.25) is 0 Å². The van der Waals surface area contributed by atoms with Crippen LogP contribution in [-0.4, -0.2) is 34.0 Å². The fourth-order valence-electron chi connectivity index (χ4n) is 2.36. The fraction of sp³-hybridized carbons (Fsp3) is 0.286. The van der Waals surface area contributed by atoms with Gasteiger partial charge in [0.05, 0.1) is 19.2 Å². The average Bonchev–Trinajstić information content (AvgIpc) is 2.94. The molecule has 0 bridgehead atoms. The summed E-state index contributed by atoms with van der Waals surface area (Å²) in [6, 6.07) is 5.12. The van der Waals surface area contributed by atoms with Gasteiger partial charge >= 0.3 is 0 Å². The second-order valence-electron chi connectivity index (χ2n) is 4.72. The van der Waals surface area contributed by atoms with Crippen molar-refractivity contribution in [1.29, 1.82) is 0 Å². The molecule has 0 spiro atoms. The predicted molar refractivity (Wildman–Crippen MR) is 74.4 cm³/mol. The van der Waals surface area contributed by atoms with Crippen LogP contribution in [0.15, 0.2) is 30.6 Å². The van der Waals surface area contributed by atoms with Crippen molar-refractivity contribution >= 4 is 11.6 Å². The van der Waals surface area contributed by atoms with E-state index < -0.39 is 0 Å². The molecular formula is C14H16N4O2. The van der Waals surface area contributed by atoms with E-state index >= 15 is 0 Å². The highest BCUT2D eigenvalue weighted by atomic mass is 16.5. The van der Waals surface area contributed by atoms with Gasteiger partial charge in [0, 0.05) is 31.2 Å². The highest BCUT2D eigenvalue weighted by molar-refractivity contribution is 5.99. The molecule has 2 aromatic rings. The van der Waals surface area contributed by atoms with Gasteiger partial charge in [-0.2, -0.15) is 0 Å². The van der Waals surface area contributed by atoms with Gasteiger partial charge in [-0.15, -0.1) is 0 Å². The van der Waals surface area contributed by atoms with E-state index in [1.54, 1.807) is 36.4 Å². The number of benzene rings is 1. The minimum absolute atomic E-state index is 0.0874. The molecule has 104 valence electrons. The van der Waals surface area contributed by atoms with Gasteiger partial charge in [-0.3, -0.25) is 4.79 Å². The average molecular weight is 272 g/mol. The third-order valence-electron chi connectivity index (χ3n) is 3.52. The summed E-state index contributed by atoms with van der Waals surface area (Å²) in [7, 11) is 1.57. The Balaban J connectivity index is 1.87. The van der Waals surface area contributed by atoms with Crippen molar-refractivity contribution < 1.29 is 9.53 Å². The molecule has 0 unspecified atom stereocenters. The van der Waals surface area contributed by atoms with Crippen molar-refractivity contribution in [2.24, 2.45) is 0 Å². The Labute approximate surface area is 116 Å². The number of hydrogen-bond donors (Lipinski definition) is 1. The Morgan fingerprint density at radius 3 is 3.05 bits per heavy atom. The van der Waals surface area contributed by atoms with E-state index in [0.29, 0.717) is 30.1 Å². The Hall–Kier alpha value is -2.50. The maximum Gasteiger partial charge on any atom is 0.256 e. The Morgan fingerprint density at radius 2 is 2.25 bits per heavy atom. The number of rotatable bonds is 2. The van der Waals surface area contributed by atoms with E-state index in [1.807, 2.05) is 6.20 Å². The molecule has 3 rings (SSSR count). The lowest BCUT2D eigenvalue weighted by Gasteiger charge is -2.28. The summed E-state index contributed by atoms with van der Waals surface area (Å²) in [5.41, 5.74) is 6.84. The van der Waals surface area contributed by atoms with Crippen molar-refractivity contribution in [2.45, 2.75) is 13.1 Å². The molecule has 1 amide bonds. The van der Waals surface area contributed by atoms with Crippen LogP contribution < -0.4 is 10.5 Å². The van der Waals surface area contributed by atoms with Gasteiger partial charge in [-0.05, 0) is 18.2 Å². The number of hydrogen-bond acceptors (Lipinski definition) is 4. The molecule has 1 aliphatic rings. The van der Waals surface area contributed by atoms with Crippen LogP contribution >= 0.6 is 0 Å². The normalized spacial score (nSPS) is 13.9.